The van der Waals surface area contributed by atoms with Crippen LogP contribution >= 0.6 is 0 Å². The van der Waals surface area contributed by atoms with E-state index in [-0.39, 0.29) is 5.92 Å². The minimum atomic E-state index is 0.200. The molecule has 1 saturated heterocycles. The molecule has 0 amide bonds. The number of anilines is 1. The van der Waals surface area contributed by atoms with E-state index in [1.807, 2.05) is 18.2 Å². The molecule has 0 atom stereocenters. The van der Waals surface area contributed by atoms with Crippen molar-refractivity contribution in [2.45, 2.75) is 12.8 Å². The van der Waals surface area contributed by atoms with E-state index < -0.39 is 0 Å². The van der Waals surface area contributed by atoms with Gasteiger partial charge in [0.05, 0.1) is 26.0 Å². The number of nitrogens with zero attached hydrogens (tertiary/aromatic N) is 2. The van der Waals surface area contributed by atoms with Crippen LogP contribution in [0.25, 0.3) is 0 Å². The molecule has 0 saturated carbocycles. The van der Waals surface area contributed by atoms with E-state index in [0.29, 0.717) is 0 Å². The van der Waals surface area contributed by atoms with E-state index in [9.17, 15) is 0 Å². The van der Waals surface area contributed by atoms with Gasteiger partial charge in [0, 0.05) is 25.1 Å². The molecule has 0 radical (unpaired) electrons. The monoisotopic (exact) mass is 246 g/mol. The van der Waals surface area contributed by atoms with Crippen LogP contribution < -0.4 is 14.4 Å². The molecule has 1 heterocycles. The van der Waals surface area contributed by atoms with Crippen molar-refractivity contribution < 1.29 is 9.47 Å². The molecule has 96 valence electrons. The van der Waals surface area contributed by atoms with E-state index in [1.165, 1.54) is 0 Å². The molecular formula is C14H18N2O2. The molecule has 0 unspecified atom stereocenters. The van der Waals surface area contributed by atoms with Gasteiger partial charge >= 0.3 is 0 Å². The summed E-state index contributed by atoms with van der Waals surface area (Å²) in [5.41, 5.74) is 1.08. The zero-order valence-electron chi connectivity index (χ0n) is 10.8. The Bertz CT molecular complexity index is 446. The number of methoxy groups -OCH3 is 2. The van der Waals surface area contributed by atoms with Crippen molar-refractivity contribution in [3.8, 4) is 17.6 Å². The van der Waals surface area contributed by atoms with Crippen molar-refractivity contribution in [2.24, 2.45) is 5.92 Å². The summed E-state index contributed by atoms with van der Waals surface area (Å²) in [6.45, 7) is 1.81. The second-order valence-electron chi connectivity index (χ2n) is 4.43. The quantitative estimate of drug-likeness (QED) is 0.821. The van der Waals surface area contributed by atoms with Gasteiger partial charge < -0.3 is 14.4 Å². The summed E-state index contributed by atoms with van der Waals surface area (Å²) in [7, 11) is 3.31. The second kappa shape index (κ2) is 5.63. The molecule has 0 spiro atoms. The van der Waals surface area contributed by atoms with Crippen LogP contribution in [0.3, 0.4) is 0 Å². The van der Waals surface area contributed by atoms with Gasteiger partial charge in [-0.3, -0.25) is 0 Å². The van der Waals surface area contributed by atoms with Crippen molar-refractivity contribution in [2.75, 3.05) is 32.2 Å². The summed E-state index contributed by atoms with van der Waals surface area (Å²) in [5.74, 6) is 1.82. The zero-order chi connectivity index (χ0) is 13.0. The molecule has 4 nitrogen and oxygen atoms in total. The normalized spacial score (nSPS) is 16.2. The molecular weight excluding hydrogens is 228 g/mol. The predicted molar refractivity (Wildman–Crippen MR) is 70.1 cm³/mol. The van der Waals surface area contributed by atoms with Crippen LogP contribution in [0, 0.1) is 17.2 Å². The molecule has 1 aliphatic rings. The number of nitriles is 1. The molecule has 1 fully saturated rings. The Labute approximate surface area is 108 Å². The zero-order valence-corrected chi connectivity index (χ0v) is 10.8. The maximum absolute atomic E-state index is 8.91. The summed E-state index contributed by atoms with van der Waals surface area (Å²) in [6, 6.07) is 8.20. The van der Waals surface area contributed by atoms with Crippen LogP contribution in [0.5, 0.6) is 11.5 Å². The van der Waals surface area contributed by atoms with E-state index in [1.54, 1.807) is 14.2 Å². The fraction of sp³-hybridized carbons (Fsp3) is 0.500. The highest BCUT2D eigenvalue weighted by Crippen LogP contribution is 2.34. The van der Waals surface area contributed by atoms with Crippen molar-refractivity contribution >= 4 is 5.69 Å². The van der Waals surface area contributed by atoms with E-state index in [2.05, 4.69) is 11.0 Å². The molecule has 0 N–H and O–H groups in total. The van der Waals surface area contributed by atoms with Crippen molar-refractivity contribution in [1.29, 1.82) is 5.26 Å². The third-order valence-electron chi connectivity index (χ3n) is 3.41. The Kier molecular flexibility index (Phi) is 3.93. The lowest BCUT2D eigenvalue weighted by atomic mass is 9.98. The summed E-state index contributed by atoms with van der Waals surface area (Å²) in [4.78, 5) is 2.27. The number of piperidine rings is 1. The van der Waals surface area contributed by atoms with Gasteiger partial charge in [0.25, 0.3) is 0 Å². The van der Waals surface area contributed by atoms with Gasteiger partial charge in [-0.1, -0.05) is 0 Å². The van der Waals surface area contributed by atoms with E-state index >= 15 is 0 Å². The highest BCUT2D eigenvalue weighted by molar-refractivity contribution is 5.61. The molecule has 1 aliphatic heterocycles. The van der Waals surface area contributed by atoms with E-state index in [4.69, 9.17) is 14.7 Å². The molecule has 1 aromatic carbocycles. The van der Waals surface area contributed by atoms with Crippen LogP contribution in [0.1, 0.15) is 12.8 Å². The lowest BCUT2D eigenvalue weighted by molar-refractivity contribution is 0.392. The van der Waals surface area contributed by atoms with Crippen LogP contribution in [-0.4, -0.2) is 27.3 Å². The minimum absolute atomic E-state index is 0.200. The SMILES string of the molecule is COc1ccc(N2CCC(C#N)CC2)c(OC)c1. The topological polar surface area (TPSA) is 45.5 Å². The lowest BCUT2D eigenvalue weighted by Gasteiger charge is -2.32. The number of ether oxygens (including phenoxy) is 2. The molecule has 4 heteroatoms. The number of hydrogen-bond acceptors (Lipinski definition) is 4. The highest BCUT2D eigenvalue weighted by atomic mass is 16.5. The Hall–Kier alpha value is -1.89. The van der Waals surface area contributed by atoms with Gasteiger partial charge in [-0.15, -0.1) is 0 Å². The predicted octanol–water partition coefficient (Wildman–Crippen LogP) is 2.44. The van der Waals surface area contributed by atoms with Gasteiger partial charge in [0.1, 0.15) is 11.5 Å². The van der Waals surface area contributed by atoms with Gasteiger partial charge in [-0.05, 0) is 25.0 Å². The van der Waals surface area contributed by atoms with Crippen LogP contribution in [0.15, 0.2) is 18.2 Å². The number of hydrogen-bond donors (Lipinski definition) is 0. The summed E-state index contributed by atoms with van der Waals surface area (Å²) in [6.07, 6.45) is 1.84. The molecule has 0 aliphatic carbocycles. The molecule has 1 aromatic rings. The van der Waals surface area contributed by atoms with Crippen molar-refractivity contribution in [1.82, 2.24) is 0 Å². The van der Waals surface area contributed by atoms with Gasteiger partial charge in [-0.25, -0.2) is 0 Å². The third kappa shape index (κ3) is 2.51. The molecule has 0 aromatic heterocycles. The highest BCUT2D eigenvalue weighted by Gasteiger charge is 2.21. The van der Waals surface area contributed by atoms with Crippen molar-refractivity contribution in [3.05, 3.63) is 18.2 Å². The first kappa shape index (κ1) is 12.6. The van der Waals surface area contributed by atoms with Gasteiger partial charge in [0.15, 0.2) is 0 Å². The largest absolute Gasteiger partial charge is 0.497 e. The maximum Gasteiger partial charge on any atom is 0.145 e. The summed E-state index contributed by atoms with van der Waals surface area (Å²) < 4.78 is 10.6. The molecule has 18 heavy (non-hydrogen) atoms. The van der Waals surface area contributed by atoms with E-state index in [0.717, 1.165) is 43.1 Å². The maximum atomic E-state index is 8.91. The number of rotatable bonds is 3. The first-order valence-electron chi connectivity index (χ1n) is 6.15. The summed E-state index contributed by atoms with van der Waals surface area (Å²) >= 11 is 0. The van der Waals surface area contributed by atoms with Gasteiger partial charge in [-0.2, -0.15) is 5.26 Å². The Balaban J connectivity index is 2.16. The molecule has 0 bridgehead atoms. The lowest BCUT2D eigenvalue weighted by Crippen LogP contribution is -2.33. The second-order valence-corrected chi connectivity index (χ2v) is 4.43. The minimum Gasteiger partial charge on any atom is -0.497 e. The average Bonchev–Trinajstić information content (AvgIpc) is 2.46. The van der Waals surface area contributed by atoms with Crippen LogP contribution in [0.4, 0.5) is 5.69 Å². The smallest absolute Gasteiger partial charge is 0.145 e. The Morgan fingerprint density at radius 2 is 1.94 bits per heavy atom. The summed E-state index contributed by atoms with van der Waals surface area (Å²) in [5, 5.41) is 8.91. The standard InChI is InChI=1S/C14H18N2O2/c1-17-12-3-4-13(14(9-12)18-2)16-7-5-11(10-15)6-8-16/h3-4,9,11H,5-8H2,1-2H3. The van der Waals surface area contributed by atoms with Gasteiger partial charge in [0.2, 0.25) is 0 Å². The van der Waals surface area contributed by atoms with Crippen LogP contribution in [0.2, 0.25) is 0 Å². The average molecular weight is 246 g/mol. The van der Waals surface area contributed by atoms with Crippen molar-refractivity contribution in [3.63, 3.8) is 0 Å². The third-order valence-corrected chi connectivity index (χ3v) is 3.41. The fourth-order valence-electron chi connectivity index (χ4n) is 2.30. The Morgan fingerprint density at radius 3 is 2.50 bits per heavy atom. The number of benzene rings is 1. The first-order valence-corrected chi connectivity index (χ1v) is 6.15. The first-order chi connectivity index (χ1) is 8.78. The molecule has 2 rings (SSSR count). The Morgan fingerprint density at radius 1 is 1.22 bits per heavy atom. The van der Waals surface area contributed by atoms with Crippen LogP contribution in [-0.2, 0) is 0 Å². The fourth-order valence-corrected chi connectivity index (χ4v) is 2.30.